The van der Waals surface area contributed by atoms with Crippen LogP contribution < -0.4 is 5.32 Å². The molecule has 0 saturated carbocycles. The first-order chi connectivity index (χ1) is 6.16. The van der Waals surface area contributed by atoms with Crippen molar-refractivity contribution in [2.45, 2.75) is 20.0 Å². The summed E-state index contributed by atoms with van der Waals surface area (Å²) >= 11 is 0. The molecule has 1 aromatic heterocycles. The molecule has 4 heteroatoms. The molecule has 0 aliphatic heterocycles. The van der Waals surface area contributed by atoms with E-state index in [1.165, 1.54) is 0 Å². The molecule has 0 fully saturated rings. The van der Waals surface area contributed by atoms with Crippen LogP contribution in [-0.2, 0) is 7.05 Å². The minimum absolute atomic E-state index is 0.465. The Morgan fingerprint density at radius 2 is 2.38 bits per heavy atom. The molecular weight excluding hydrogens is 166 g/mol. The van der Waals surface area contributed by atoms with Gasteiger partial charge in [0.05, 0.1) is 11.9 Å². The number of nitrogens with one attached hydrogen (secondary N) is 1. The predicted molar refractivity (Wildman–Crippen MR) is 51.4 cm³/mol. The van der Waals surface area contributed by atoms with Gasteiger partial charge in [-0.15, -0.1) is 0 Å². The molecule has 0 aromatic carbocycles. The van der Waals surface area contributed by atoms with Gasteiger partial charge in [0.2, 0.25) is 0 Å². The second-order valence-corrected chi connectivity index (χ2v) is 3.16. The molecule has 0 bridgehead atoms. The van der Waals surface area contributed by atoms with Crippen molar-refractivity contribution in [2.24, 2.45) is 7.05 Å². The zero-order valence-electron chi connectivity index (χ0n) is 8.41. The van der Waals surface area contributed by atoms with Crippen molar-refractivity contribution in [3.05, 3.63) is 17.5 Å². The molecule has 0 amide bonds. The van der Waals surface area contributed by atoms with E-state index in [9.17, 15) is 5.11 Å². The molecule has 1 rings (SSSR count). The summed E-state index contributed by atoms with van der Waals surface area (Å²) in [5.74, 6) is 0. The third-order valence-electron chi connectivity index (χ3n) is 2.08. The number of aliphatic hydroxyl groups is 1. The number of aromatic nitrogens is 2. The van der Waals surface area contributed by atoms with Crippen molar-refractivity contribution < 1.29 is 5.11 Å². The van der Waals surface area contributed by atoms with Crippen molar-refractivity contribution in [3.8, 4) is 0 Å². The maximum Gasteiger partial charge on any atom is 0.108 e. The van der Waals surface area contributed by atoms with Crippen LogP contribution in [0, 0.1) is 6.92 Å². The zero-order valence-corrected chi connectivity index (χ0v) is 8.41. The molecule has 0 radical (unpaired) electrons. The van der Waals surface area contributed by atoms with Crippen LogP contribution >= 0.6 is 0 Å². The van der Waals surface area contributed by atoms with E-state index in [-0.39, 0.29) is 0 Å². The van der Waals surface area contributed by atoms with Gasteiger partial charge in [-0.25, -0.2) is 0 Å². The lowest BCUT2D eigenvalue weighted by Crippen LogP contribution is -2.23. The molecule has 13 heavy (non-hydrogen) atoms. The molecule has 4 nitrogen and oxygen atoms in total. The normalized spacial score (nSPS) is 13.2. The van der Waals surface area contributed by atoms with Gasteiger partial charge in [0.15, 0.2) is 0 Å². The highest BCUT2D eigenvalue weighted by Gasteiger charge is 2.13. The van der Waals surface area contributed by atoms with Crippen molar-refractivity contribution >= 4 is 0 Å². The summed E-state index contributed by atoms with van der Waals surface area (Å²) in [6.07, 6.45) is 1.30. The van der Waals surface area contributed by atoms with Gasteiger partial charge in [-0.05, 0) is 19.0 Å². The van der Waals surface area contributed by atoms with Gasteiger partial charge in [-0.1, -0.05) is 6.92 Å². The third kappa shape index (κ3) is 2.29. The first-order valence-electron chi connectivity index (χ1n) is 4.54. The van der Waals surface area contributed by atoms with Gasteiger partial charge in [-0.2, -0.15) is 5.10 Å². The van der Waals surface area contributed by atoms with E-state index in [2.05, 4.69) is 10.4 Å². The summed E-state index contributed by atoms with van der Waals surface area (Å²) in [5, 5.41) is 17.0. The van der Waals surface area contributed by atoms with Crippen LogP contribution in [0.4, 0.5) is 0 Å². The molecule has 0 saturated heterocycles. The predicted octanol–water partition coefficient (Wildman–Crippen LogP) is 0.371. The number of aryl methyl sites for hydroxylation is 2. The highest BCUT2D eigenvalue weighted by Crippen LogP contribution is 2.14. The van der Waals surface area contributed by atoms with E-state index in [0.29, 0.717) is 6.54 Å². The topological polar surface area (TPSA) is 50.1 Å². The number of hydrogen-bond donors (Lipinski definition) is 2. The van der Waals surface area contributed by atoms with Crippen LogP contribution in [0.2, 0.25) is 0 Å². The van der Waals surface area contributed by atoms with Gasteiger partial charge in [0.25, 0.3) is 0 Å². The lowest BCUT2D eigenvalue weighted by Gasteiger charge is -2.12. The quantitative estimate of drug-likeness (QED) is 0.709. The monoisotopic (exact) mass is 183 g/mol. The molecule has 2 N–H and O–H groups in total. The van der Waals surface area contributed by atoms with Crippen LogP contribution in [0.15, 0.2) is 6.20 Å². The second-order valence-electron chi connectivity index (χ2n) is 3.16. The van der Waals surface area contributed by atoms with Gasteiger partial charge < -0.3 is 10.4 Å². The van der Waals surface area contributed by atoms with Crippen LogP contribution in [-0.4, -0.2) is 28.0 Å². The Hall–Kier alpha value is -0.870. The minimum Gasteiger partial charge on any atom is -0.385 e. The first kappa shape index (κ1) is 10.2. The number of nitrogens with zero attached hydrogens (tertiary/aromatic N) is 2. The van der Waals surface area contributed by atoms with Crippen molar-refractivity contribution in [1.29, 1.82) is 0 Å². The van der Waals surface area contributed by atoms with Gasteiger partial charge >= 0.3 is 0 Å². The highest BCUT2D eigenvalue weighted by molar-refractivity contribution is 5.18. The SMILES string of the molecule is CCNCC(O)c1c(C)cnn1C. The molecule has 1 aromatic rings. The summed E-state index contributed by atoms with van der Waals surface area (Å²) in [5.41, 5.74) is 1.92. The first-order valence-corrected chi connectivity index (χ1v) is 4.54. The minimum atomic E-state index is -0.465. The number of likely N-dealkylation sites (N-methyl/N-ethyl adjacent to an activating group) is 1. The van der Waals surface area contributed by atoms with E-state index >= 15 is 0 Å². The Morgan fingerprint density at radius 3 is 2.85 bits per heavy atom. The number of rotatable bonds is 4. The van der Waals surface area contributed by atoms with Crippen LogP contribution in [0.1, 0.15) is 24.3 Å². The Labute approximate surface area is 78.6 Å². The highest BCUT2D eigenvalue weighted by atomic mass is 16.3. The summed E-state index contributed by atoms with van der Waals surface area (Å²) in [6, 6.07) is 0. The van der Waals surface area contributed by atoms with E-state index in [1.54, 1.807) is 10.9 Å². The summed E-state index contributed by atoms with van der Waals surface area (Å²) < 4.78 is 1.72. The van der Waals surface area contributed by atoms with Gasteiger partial charge in [0.1, 0.15) is 6.10 Å². The fourth-order valence-electron chi connectivity index (χ4n) is 1.41. The van der Waals surface area contributed by atoms with Crippen LogP contribution in [0.5, 0.6) is 0 Å². The molecule has 74 valence electrons. The molecule has 1 atom stereocenters. The smallest absolute Gasteiger partial charge is 0.108 e. The number of hydrogen-bond acceptors (Lipinski definition) is 3. The zero-order chi connectivity index (χ0) is 9.84. The standard InChI is InChI=1S/C9H17N3O/c1-4-10-6-8(13)9-7(2)5-11-12(9)3/h5,8,10,13H,4,6H2,1-3H3. The van der Waals surface area contributed by atoms with E-state index in [1.807, 2.05) is 20.9 Å². The molecule has 0 spiro atoms. The summed E-state index contributed by atoms with van der Waals surface area (Å²) in [6.45, 7) is 5.42. The van der Waals surface area contributed by atoms with Gasteiger partial charge in [-0.3, -0.25) is 4.68 Å². The average Bonchev–Trinajstić information content (AvgIpc) is 2.42. The van der Waals surface area contributed by atoms with E-state index in [4.69, 9.17) is 0 Å². The fraction of sp³-hybridized carbons (Fsp3) is 0.667. The maximum absolute atomic E-state index is 9.78. The number of aliphatic hydroxyl groups excluding tert-OH is 1. The summed E-state index contributed by atoms with van der Waals surface area (Å²) in [4.78, 5) is 0. The third-order valence-corrected chi connectivity index (χ3v) is 2.08. The van der Waals surface area contributed by atoms with Crippen molar-refractivity contribution in [1.82, 2.24) is 15.1 Å². The molecule has 1 unspecified atom stereocenters. The molecule has 1 heterocycles. The molecule has 0 aliphatic carbocycles. The van der Waals surface area contributed by atoms with Crippen LogP contribution in [0.25, 0.3) is 0 Å². The maximum atomic E-state index is 9.78. The van der Waals surface area contributed by atoms with E-state index in [0.717, 1.165) is 17.8 Å². The van der Waals surface area contributed by atoms with Crippen LogP contribution in [0.3, 0.4) is 0 Å². The Bertz CT molecular complexity index is 250. The van der Waals surface area contributed by atoms with Crippen molar-refractivity contribution in [2.75, 3.05) is 13.1 Å². The molecular formula is C9H17N3O. The van der Waals surface area contributed by atoms with Gasteiger partial charge in [0, 0.05) is 13.6 Å². The fourth-order valence-corrected chi connectivity index (χ4v) is 1.41. The Morgan fingerprint density at radius 1 is 1.69 bits per heavy atom. The summed E-state index contributed by atoms with van der Waals surface area (Å²) in [7, 11) is 1.84. The van der Waals surface area contributed by atoms with E-state index < -0.39 is 6.10 Å². The Balaban J connectivity index is 2.69. The lowest BCUT2D eigenvalue weighted by molar-refractivity contribution is 0.165. The molecule has 0 aliphatic rings. The average molecular weight is 183 g/mol. The second kappa shape index (κ2) is 4.39. The lowest BCUT2D eigenvalue weighted by atomic mass is 10.2. The Kier molecular flexibility index (Phi) is 3.45. The largest absolute Gasteiger partial charge is 0.385 e. The van der Waals surface area contributed by atoms with Crippen molar-refractivity contribution in [3.63, 3.8) is 0 Å².